The molecule has 0 unspecified atom stereocenters. The minimum atomic E-state index is -1.000. The summed E-state index contributed by atoms with van der Waals surface area (Å²) in [7, 11) is 6.14. The zero-order chi connectivity index (χ0) is 30.2. The Morgan fingerprint density at radius 3 is 1.02 bits per heavy atom. The van der Waals surface area contributed by atoms with Crippen molar-refractivity contribution < 1.29 is 43.9 Å². The Bertz CT molecular complexity index is 1230. The lowest BCUT2D eigenvalue weighted by Crippen LogP contribution is -2.27. The van der Waals surface area contributed by atoms with Crippen molar-refractivity contribution in [2.24, 2.45) is 0 Å². The van der Waals surface area contributed by atoms with E-state index in [1.807, 2.05) is 31.2 Å². The molecule has 3 rings (SSSR count). The Labute approximate surface area is 240 Å². The van der Waals surface area contributed by atoms with Crippen LogP contribution in [0.15, 0.2) is 36.4 Å². The number of phenols is 3. The predicted molar refractivity (Wildman–Crippen MR) is 152 cm³/mol. The number of carbonyl (C=O) groups is 2. The van der Waals surface area contributed by atoms with E-state index >= 15 is 0 Å². The third kappa shape index (κ3) is 6.60. The Morgan fingerprint density at radius 1 is 0.537 bits per heavy atom. The second-order valence-electron chi connectivity index (χ2n) is 10.0. The molecule has 3 aromatic carbocycles. The number of rotatable bonds is 15. The van der Waals surface area contributed by atoms with Gasteiger partial charge in [-0.15, -0.1) is 0 Å². The summed E-state index contributed by atoms with van der Waals surface area (Å²) in [5.41, 5.74) is 4.07. The summed E-state index contributed by atoms with van der Waals surface area (Å²) in [6.45, 7) is 2.50. The molecule has 0 aliphatic carbocycles. The third-order valence-corrected chi connectivity index (χ3v) is 7.34. The van der Waals surface area contributed by atoms with Crippen molar-refractivity contribution in [2.75, 3.05) is 28.4 Å². The van der Waals surface area contributed by atoms with Gasteiger partial charge < -0.3 is 43.9 Å². The molecule has 0 atom stereocenters. The summed E-state index contributed by atoms with van der Waals surface area (Å²) >= 11 is 0. The zero-order valence-electron chi connectivity index (χ0n) is 24.2. The molecular formula is C32H38O9. The van der Waals surface area contributed by atoms with E-state index in [4.69, 9.17) is 18.9 Å². The van der Waals surface area contributed by atoms with Crippen LogP contribution in [0.2, 0.25) is 0 Å². The summed E-state index contributed by atoms with van der Waals surface area (Å²) in [4.78, 5) is 23.1. The lowest BCUT2D eigenvalue weighted by Gasteiger charge is -2.35. The number of methoxy groups -OCH3 is 4. The molecule has 3 aromatic rings. The van der Waals surface area contributed by atoms with Gasteiger partial charge in [-0.3, -0.25) is 0 Å². The first-order valence-corrected chi connectivity index (χ1v) is 13.1. The standard InChI is InChI=1S/C32H38O9/c1-32(26-10-20(6-8-33)29(35)21(11-26)7-9-34,27-12-22(16-38-2)30(36)23(13-27)17-39-3)28-14-24(18-40-4)31(37)25(15-28)19-41-5/h8-15,35-37H,6-7,16-19H2,1-5H3. The highest BCUT2D eigenvalue weighted by Gasteiger charge is 2.35. The van der Waals surface area contributed by atoms with Crippen LogP contribution in [-0.2, 0) is 73.2 Å². The molecule has 0 bridgehead atoms. The number of hydrogen-bond donors (Lipinski definition) is 3. The van der Waals surface area contributed by atoms with Crippen molar-refractivity contribution in [3.8, 4) is 17.2 Å². The highest BCUT2D eigenvalue weighted by atomic mass is 16.5. The van der Waals surface area contributed by atoms with E-state index in [0.717, 1.165) is 11.1 Å². The van der Waals surface area contributed by atoms with E-state index in [2.05, 4.69) is 0 Å². The minimum absolute atomic E-state index is 0.0551. The van der Waals surface area contributed by atoms with Gasteiger partial charge in [0.1, 0.15) is 29.8 Å². The van der Waals surface area contributed by atoms with Crippen molar-refractivity contribution in [3.63, 3.8) is 0 Å². The number of hydrogen-bond acceptors (Lipinski definition) is 9. The Balaban J connectivity index is 2.52. The fourth-order valence-corrected chi connectivity index (χ4v) is 5.20. The summed E-state index contributed by atoms with van der Waals surface area (Å²) in [5.74, 6) is 0.00582. The van der Waals surface area contributed by atoms with Gasteiger partial charge >= 0.3 is 0 Å². The van der Waals surface area contributed by atoms with Gasteiger partial charge in [0.2, 0.25) is 0 Å². The molecule has 0 radical (unpaired) electrons. The number of aromatic hydroxyl groups is 3. The lowest BCUT2D eigenvalue weighted by atomic mass is 9.68. The van der Waals surface area contributed by atoms with Gasteiger partial charge in [0, 0.05) is 80.1 Å². The first-order chi connectivity index (χ1) is 19.7. The zero-order valence-corrected chi connectivity index (χ0v) is 24.2. The second-order valence-corrected chi connectivity index (χ2v) is 10.0. The topological polar surface area (TPSA) is 132 Å². The van der Waals surface area contributed by atoms with Crippen molar-refractivity contribution in [1.29, 1.82) is 0 Å². The Morgan fingerprint density at radius 2 is 0.780 bits per heavy atom. The van der Waals surface area contributed by atoms with Crippen molar-refractivity contribution in [2.45, 2.75) is 51.6 Å². The number of phenolic OH excluding ortho intramolecular Hbond substituents is 3. The number of benzene rings is 3. The van der Waals surface area contributed by atoms with Crippen molar-refractivity contribution in [1.82, 2.24) is 0 Å². The molecule has 0 saturated carbocycles. The Hall–Kier alpha value is -3.76. The van der Waals surface area contributed by atoms with Crippen LogP contribution in [-0.4, -0.2) is 56.3 Å². The normalized spacial score (nSPS) is 11.5. The van der Waals surface area contributed by atoms with Crippen molar-refractivity contribution in [3.05, 3.63) is 86.5 Å². The molecule has 9 heteroatoms. The summed E-state index contributed by atoms with van der Waals surface area (Å²) in [5, 5.41) is 32.8. The molecule has 220 valence electrons. The largest absolute Gasteiger partial charge is 0.507 e. The molecule has 3 N–H and O–H groups in total. The summed E-state index contributed by atoms with van der Waals surface area (Å²) < 4.78 is 21.5. The molecule has 0 aliphatic heterocycles. The molecule has 0 heterocycles. The first kappa shape index (κ1) is 31.8. The van der Waals surface area contributed by atoms with E-state index in [-0.39, 0.29) is 56.5 Å². The Kier molecular flexibility index (Phi) is 11.0. The van der Waals surface area contributed by atoms with Crippen molar-refractivity contribution >= 4 is 12.6 Å². The van der Waals surface area contributed by atoms with Crippen LogP contribution < -0.4 is 0 Å². The first-order valence-electron chi connectivity index (χ1n) is 13.1. The van der Waals surface area contributed by atoms with Crippen LogP contribution in [0.5, 0.6) is 17.2 Å². The number of aldehydes is 2. The van der Waals surface area contributed by atoms with Gasteiger partial charge in [-0.2, -0.15) is 0 Å². The maximum atomic E-state index is 11.5. The van der Waals surface area contributed by atoms with Gasteiger partial charge in [0.15, 0.2) is 0 Å². The summed E-state index contributed by atoms with van der Waals surface area (Å²) in [6, 6.07) is 10.8. The van der Waals surface area contributed by atoms with Crippen LogP contribution >= 0.6 is 0 Å². The van der Waals surface area contributed by atoms with Gasteiger partial charge in [-0.1, -0.05) is 12.1 Å². The monoisotopic (exact) mass is 566 g/mol. The molecule has 0 saturated heterocycles. The molecule has 41 heavy (non-hydrogen) atoms. The highest BCUT2D eigenvalue weighted by molar-refractivity contribution is 5.66. The fraction of sp³-hybridized carbons (Fsp3) is 0.375. The average molecular weight is 567 g/mol. The van der Waals surface area contributed by atoms with Crippen LogP contribution in [0.3, 0.4) is 0 Å². The third-order valence-electron chi connectivity index (χ3n) is 7.34. The average Bonchev–Trinajstić information content (AvgIpc) is 2.95. The second kappa shape index (κ2) is 14.2. The maximum absolute atomic E-state index is 11.5. The SMILES string of the molecule is COCc1cc(C(C)(c2cc(CC=O)c(O)c(CC=O)c2)c2cc(COC)c(O)c(COC)c2)cc(COC)c1O. The molecule has 0 aromatic heterocycles. The fourth-order valence-electron chi connectivity index (χ4n) is 5.20. The molecule has 0 aliphatic rings. The smallest absolute Gasteiger partial charge is 0.126 e. The van der Waals surface area contributed by atoms with Gasteiger partial charge in [0.25, 0.3) is 0 Å². The molecule has 0 fully saturated rings. The van der Waals surface area contributed by atoms with E-state index < -0.39 is 5.41 Å². The van der Waals surface area contributed by atoms with E-state index in [9.17, 15) is 24.9 Å². The highest BCUT2D eigenvalue weighted by Crippen LogP contribution is 2.45. The van der Waals surface area contributed by atoms with E-state index in [1.165, 1.54) is 28.4 Å². The molecule has 0 amide bonds. The quantitative estimate of drug-likeness (QED) is 0.183. The number of ether oxygens (including phenoxy) is 4. The maximum Gasteiger partial charge on any atom is 0.126 e. The van der Waals surface area contributed by atoms with Crippen LogP contribution in [0.25, 0.3) is 0 Å². The van der Waals surface area contributed by atoms with Crippen LogP contribution in [0, 0.1) is 0 Å². The molecule has 9 nitrogen and oxygen atoms in total. The predicted octanol–water partition coefficient (Wildman–Crippen LogP) is 4.23. The lowest BCUT2D eigenvalue weighted by molar-refractivity contribution is -0.108. The van der Waals surface area contributed by atoms with E-state index in [0.29, 0.717) is 51.5 Å². The number of carbonyl (C=O) groups excluding carboxylic acids is 2. The molecular weight excluding hydrogens is 528 g/mol. The minimum Gasteiger partial charge on any atom is -0.507 e. The van der Waals surface area contributed by atoms with Gasteiger partial charge in [-0.25, -0.2) is 0 Å². The van der Waals surface area contributed by atoms with Gasteiger partial charge in [0.05, 0.1) is 26.4 Å². The van der Waals surface area contributed by atoms with E-state index in [1.54, 1.807) is 12.1 Å². The van der Waals surface area contributed by atoms with Crippen LogP contribution in [0.1, 0.15) is 57.0 Å². The van der Waals surface area contributed by atoms with Gasteiger partial charge in [-0.05, 0) is 47.9 Å². The molecule has 0 spiro atoms. The summed E-state index contributed by atoms with van der Waals surface area (Å²) in [6.07, 6.45) is 1.28. The van der Waals surface area contributed by atoms with Crippen LogP contribution in [0.4, 0.5) is 0 Å².